The second kappa shape index (κ2) is 5.71. The van der Waals surface area contributed by atoms with Crippen LogP contribution in [0.1, 0.15) is 33.1 Å². The predicted octanol–water partition coefficient (Wildman–Crippen LogP) is 3.48. The number of hydrogen-bond donors (Lipinski definition) is 0. The molecule has 0 radical (unpaired) electrons. The number of rotatable bonds is 5. The Kier molecular flexibility index (Phi) is 4.03. The van der Waals surface area contributed by atoms with Crippen LogP contribution < -0.4 is 5.69 Å². The van der Waals surface area contributed by atoms with Crippen molar-refractivity contribution >= 4 is 17.2 Å². The molecule has 0 atom stereocenters. The van der Waals surface area contributed by atoms with E-state index in [0.717, 1.165) is 23.9 Å². The third-order valence-electron chi connectivity index (χ3n) is 3.16. The van der Waals surface area contributed by atoms with Gasteiger partial charge >= 0.3 is 5.69 Å². The minimum Gasteiger partial charge on any atom is -0.292 e. The van der Waals surface area contributed by atoms with E-state index in [1.807, 2.05) is 37.4 Å². The van der Waals surface area contributed by atoms with Crippen LogP contribution in [-0.4, -0.2) is 9.13 Å². The highest BCUT2D eigenvalue weighted by atomic mass is 16.1. The van der Waals surface area contributed by atoms with Crippen LogP contribution in [0.4, 0.5) is 0 Å². The van der Waals surface area contributed by atoms with Gasteiger partial charge < -0.3 is 0 Å². The molecule has 96 valence electrons. The molecule has 1 heterocycles. The Morgan fingerprint density at radius 3 is 2.56 bits per heavy atom. The quantitative estimate of drug-likeness (QED) is 0.740. The maximum absolute atomic E-state index is 12.3. The molecule has 1 aromatic carbocycles. The van der Waals surface area contributed by atoms with E-state index in [0.29, 0.717) is 6.54 Å². The highest BCUT2D eigenvalue weighted by Gasteiger charge is 2.08. The number of para-hydroxylation sites is 2. The average molecular weight is 244 g/mol. The Morgan fingerprint density at radius 2 is 1.89 bits per heavy atom. The maximum atomic E-state index is 12.3. The summed E-state index contributed by atoms with van der Waals surface area (Å²) in [4.78, 5) is 12.3. The number of imidazole rings is 1. The smallest absolute Gasteiger partial charge is 0.292 e. The van der Waals surface area contributed by atoms with E-state index in [1.165, 1.54) is 6.42 Å². The van der Waals surface area contributed by atoms with E-state index < -0.39 is 0 Å². The summed E-state index contributed by atoms with van der Waals surface area (Å²) in [6.07, 6.45) is 7.35. The van der Waals surface area contributed by atoms with E-state index in [-0.39, 0.29) is 5.69 Å². The van der Waals surface area contributed by atoms with Crippen molar-refractivity contribution in [1.82, 2.24) is 9.13 Å². The molecule has 3 nitrogen and oxygen atoms in total. The van der Waals surface area contributed by atoms with Gasteiger partial charge in [0.25, 0.3) is 0 Å². The minimum absolute atomic E-state index is 0.0476. The Morgan fingerprint density at radius 1 is 1.17 bits per heavy atom. The van der Waals surface area contributed by atoms with E-state index in [4.69, 9.17) is 0 Å². The lowest BCUT2D eigenvalue weighted by molar-refractivity contribution is 0.739. The van der Waals surface area contributed by atoms with Crippen LogP contribution >= 0.6 is 0 Å². The van der Waals surface area contributed by atoms with Crippen LogP contribution in [0.25, 0.3) is 17.2 Å². The molecule has 3 heteroatoms. The molecule has 0 saturated carbocycles. The molecular formula is C15H20N2O. The number of benzene rings is 1. The van der Waals surface area contributed by atoms with Gasteiger partial charge in [-0.3, -0.25) is 9.13 Å². The summed E-state index contributed by atoms with van der Waals surface area (Å²) >= 11 is 0. The van der Waals surface area contributed by atoms with Crippen LogP contribution in [-0.2, 0) is 6.54 Å². The van der Waals surface area contributed by atoms with Crippen molar-refractivity contribution in [1.29, 1.82) is 0 Å². The first kappa shape index (κ1) is 12.7. The third kappa shape index (κ3) is 2.26. The summed E-state index contributed by atoms with van der Waals surface area (Å²) in [5.41, 5.74) is 2.04. The number of fused-ring (bicyclic) bond motifs is 1. The number of nitrogens with zero attached hydrogens (tertiary/aromatic N) is 2. The SMILES string of the molecule is CCCC/C=C/n1c(=O)n(CC)c2ccccc21. The highest BCUT2D eigenvalue weighted by Crippen LogP contribution is 2.13. The molecule has 2 rings (SSSR count). The molecule has 0 spiro atoms. The molecule has 18 heavy (non-hydrogen) atoms. The fraction of sp³-hybridized carbons (Fsp3) is 0.400. The first-order valence-corrected chi connectivity index (χ1v) is 6.66. The fourth-order valence-electron chi connectivity index (χ4n) is 2.18. The van der Waals surface area contributed by atoms with Gasteiger partial charge in [0.2, 0.25) is 0 Å². The van der Waals surface area contributed by atoms with Gasteiger partial charge in [-0.05, 0) is 25.5 Å². The Labute approximate surface area is 107 Å². The average Bonchev–Trinajstić information content (AvgIpc) is 2.67. The first-order valence-electron chi connectivity index (χ1n) is 6.66. The summed E-state index contributed by atoms with van der Waals surface area (Å²) in [6.45, 7) is 4.87. The second-order valence-electron chi connectivity index (χ2n) is 4.41. The van der Waals surface area contributed by atoms with Gasteiger partial charge in [0.15, 0.2) is 0 Å². The van der Waals surface area contributed by atoms with Gasteiger partial charge in [-0.15, -0.1) is 0 Å². The molecule has 0 fully saturated rings. The molecule has 0 unspecified atom stereocenters. The second-order valence-corrected chi connectivity index (χ2v) is 4.41. The zero-order chi connectivity index (χ0) is 13.0. The third-order valence-corrected chi connectivity index (χ3v) is 3.16. The number of allylic oxidation sites excluding steroid dienone is 1. The molecular weight excluding hydrogens is 224 g/mol. The van der Waals surface area contributed by atoms with Gasteiger partial charge in [-0.25, -0.2) is 4.79 Å². The van der Waals surface area contributed by atoms with E-state index in [1.54, 1.807) is 9.13 Å². The largest absolute Gasteiger partial charge is 0.333 e. The van der Waals surface area contributed by atoms with Gasteiger partial charge in [-0.2, -0.15) is 0 Å². The molecule has 0 aliphatic heterocycles. The Bertz CT molecular complexity index is 604. The molecule has 0 saturated heterocycles. The zero-order valence-electron chi connectivity index (χ0n) is 11.1. The van der Waals surface area contributed by atoms with Crippen molar-refractivity contribution in [3.05, 3.63) is 40.8 Å². The molecule has 0 aliphatic carbocycles. The van der Waals surface area contributed by atoms with Gasteiger partial charge in [0, 0.05) is 12.7 Å². The van der Waals surface area contributed by atoms with Crippen molar-refractivity contribution in [2.45, 2.75) is 39.7 Å². The monoisotopic (exact) mass is 244 g/mol. The van der Waals surface area contributed by atoms with E-state index in [2.05, 4.69) is 13.0 Å². The first-order chi connectivity index (χ1) is 8.79. The summed E-state index contributed by atoms with van der Waals surface area (Å²) in [5.74, 6) is 0. The molecule has 0 bridgehead atoms. The van der Waals surface area contributed by atoms with Crippen LogP contribution in [0, 0.1) is 0 Å². The predicted molar refractivity (Wildman–Crippen MR) is 76.7 cm³/mol. The van der Waals surface area contributed by atoms with Crippen LogP contribution in [0.3, 0.4) is 0 Å². The van der Waals surface area contributed by atoms with Crippen molar-refractivity contribution in [3.63, 3.8) is 0 Å². The number of aryl methyl sites for hydroxylation is 1. The fourth-order valence-corrected chi connectivity index (χ4v) is 2.18. The number of unbranched alkanes of at least 4 members (excludes halogenated alkanes) is 2. The number of aromatic nitrogens is 2. The molecule has 0 amide bonds. The highest BCUT2D eigenvalue weighted by molar-refractivity contribution is 5.78. The van der Waals surface area contributed by atoms with Crippen molar-refractivity contribution < 1.29 is 0 Å². The maximum Gasteiger partial charge on any atom is 0.333 e. The van der Waals surface area contributed by atoms with Crippen molar-refractivity contribution in [2.75, 3.05) is 0 Å². The summed E-state index contributed by atoms with van der Waals surface area (Å²) in [7, 11) is 0. The molecule has 0 aliphatic rings. The van der Waals surface area contributed by atoms with Crippen molar-refractivity contribution in [3.8, 4) is 0 Å². The normalized spacial score (nSPS) is 11.7. The van der Waals surface area contributed by atoms with Crippen LogP contribution in [0.2, 0.25) is 0 Å². The lowest BCUT2D eigenvalue weighted by atomic mass is 10.2. The van der Waals surface area contributed by atoms with Crippen LogP contribution in [0.5, 0.6) is 0 Å². The summed E-state index contributed by atoms with van der Waals surface area (Å²) < 4.78 is 3.55. The van der Waals surface area contributed by atoms with E-state index in [9.17, 15) is 4.79 Å². The van der Waals surface area contributed by atoms with Gasteiger partial charge in [-0.1, -0.05) is 38.0 Å². The van der Waals surface area contributed by atoms with Gasteiger partial charge in [0.05, 0.1) is 11.0 Å². The molecule has 1 aromatic heterocycles. The minimum atomic E-state index is 0.0476. The van der Waals surface area contributed by atoms with Gasteiger partial charge in [0.1, 0.15) is 0 Å². The van der Waals surface area contributed by atoms with Crippen molar-refractivity contribution in [2.24, 2.45) is 0 Å². The zero-order valence-corrected chi connectivity index (χ0v) is 11.1. The molecule has 2 aromatic rings. The topological polar surface area (TPSA) is 26.9 Å². The van der Waals surface area contributed by atoms with Crippen LogP contribution in [0.15, 0.2) is 35.1 Å². The Hall–Kier alpha value is -1.77. The van der Waals surface area contributed by atoms with E-state index >= 15 is 0 Å². The lowest BCUT2D eigenvalue weighted by Gasteiger charge is -1.95. The number of hydrogen-bond acceptors (Lipinski definition) is 1. The Balaban J connectivity index is 2.47. The summed E-state index contributed by atoms with van der Waals surface area (Å²) in [6, 6.07) is 7.93. The molecule has 0 N–H and O–H groups in total. The summed E-state index contributed by atoms with van der Waals surface area (Å²) in [5, 5.41) is 0. The standard InChI is InChI=1S/C15H20N2O/c1-3-5-6-9-12-17-14-11-8-7-10-13(14)16(4-2)15(17)18/h7-12H,3-6H2,1-2H3/b12-9+. The lowest BCUT2D eigenvalue weighted by Crippen LogP contribution is -2.20.